The minimum atomic E-state index is -0.839. The molecule has 2 unspecified atom stereocenters. The van der Waals surface area contributed by atoms with Crippen LogP contribution < -0.4 is 28.7 Å². The molecule has 0 saturated carbocycles. The Hall–Kier alpha value is -6.10. The van der Waals surface area contributed by atoms with Crippen LogP contribution in [0.25, 0.3) is 0 Å². The van der Waals surface area contributed by atoms with Gasteiger partial charge in [0.25, 0.3) is 0 Å². The van der Waals surface area contributed by atoms with Gasteiger partial charge in [-0.25, -0.2) is 0 Å². The van der Waals surface area contributed by atoms with Gasteiger partial charge in [0.05, 0.1) is 23.7 Å². The van der Waals surface area contributed by atoms with Gasteiger partial charge in [0.15, 0.2) is 11.5 Å². The van der Waals surface area contributed by atoms with Crippen LogP contribution in [-0.4, -0.2) is 43.9 Å². The summed E-state index contributed by atoms with van der Waals surface area (Å²) in [5, 5.41) is 0. The van der Waals surface area contributed by atoms with Crippen LogP contribution in [0.4, 0.5) is 11.4 Å². The molecule has 5 aliphatic rings. The van der Waals surface area contributed by atoms with Gasteiger partial charge in [0.1, 0.15) is 43.3 Å². The molecule has 0 N–H and O–H groups in total. The number of ether oxygens (including phenoxy) is 4. The molecule has 0 fully saturated rings. The lowest BCUT2D eigenvalue weighted by Crippen LogP contribution is -2.44. The molecule has 0 radical (unpaired) electrons. The summed E-state index contributed by atoms with van der Waals surface area (Å²) in [6, 6.07) is 51.0. The Morgan fingerprint density at radius 1 is 0.574 bits per heavy atom. The Bertz CT molecular complexity index is 2770. The third-order valence-corrected chi connectivity index (χ3v) is 13.5. The molecule has 0 bridgehead atoms. The first-order chi connectivity index (χ1) is 29.9. The van der Waals surface area contributed by atoms with Crippen LogP contribution in [0.2, 0.25) is 0 Å². The van der Waals surface area contributed by atoms with Crippen LogP contribution >= 0.6 is 31.9 Å². The standard InChI is InChI=1S/C28H20BrNO2.C23H19BrN2O3/c29-21-15-16-23-25(17-21)32-18-28(23)22-13-7-8-14-24(22)30(27(28)31)26(19-9-3-1-4-10-19)20-11-5-2-6-12-20;24-15-4-5-19-17(9-15)23(13-26(19)12-16-3-1-2-6-25-16)14-29-20-11-22-21(10-18(20)23)27-7-8-28-22/h1-17,26H,18H2;1-6,9-11H,7-8,12-14H2. The summed E-state index contributed by atoms with van der Waals surface area (Å²) in [6.07, 6.45) is 1.85. The number of hydrogen-bond donors (Lipinski definition) is 0. The molecule has 302 valence electrons. The number of rotatable bonds is 5. The lowest BCUT2D eigenvalue weighted by atomic mass is 9.77. The average molecular weight is 934 g/mol. The second-order valence-corrected chi connectivity index (χ2v) is 17.8. The van der Waals surface area contributed by atoms with Gasteiger partial charge in [0.2, 0.25) is 5.91 Å². The minimum Gasteiger partial charge on any atom is -0.492 e. The third-order valence-electron chi connectivity index (χ3n) is 12.5. The maximum absolute atomic E-state index is 14.5. The van der Waals surface area contributed by atoms with E-state index in [0.717, 1.165) is 78.7 Å². The number of fused-ring (bicyclic) bond motifs is 9. The average Bonchev–Trinajstić information content (AvgIpc) is 4.02. The lowest BCUT2D eigenvalue weighted by Gasteiger charge is -2.31. The van der Waals surface area contributed by atoms with E-state index in [1.807, 2.05) is 96.0 Å². The van der Waals surface area contributed by atoms with Crippen molar-refractivity contribution in [1.29, 1.82) is 0 Å². The fourth-order valence-corrected chi connectivity index (χ4v) is 10.5. The quantitative estimate of drug-likeness (QED) is 0.170. The summed E-state index contributed by atoms with van der Waals surface area (Å²) >= 11 is 7.20. The number of hydrogen-bond acceptors (Lipinski definition) is 7. The predicted octanol–water partition coefficient (Wildman–Crippen LogP) is 10.6. The fraction of sp³-hybridized carbons (Fsp3) is 0.176. The van der Waals surface area contributed by atoms with E-state index in [1.54, 1.807) is 0 Å². The number of nitrogens with zero attached hydrogens (tertiary/aromatic N) is 3. The monoisotopic (exact) mass is 931 g/mol. The summed E-state index contributed by atoms with van der Waals surface area (Å²) in [5.41, 5.74) is 8.68. The molecular weight excluding hydrogens is 894 g/mol. The van der Waals surface area contributed by atoms with Crippen LogP contribution in [0.1, 0.15) is 45.1 Å². The number of anilines is 2. The molecule has 1 aromatic heterocycles. The molecule has 12 rings (SSSR count). The highest BCUT2D eigenvalue weighted by Crippen LogP contribution is 2.56. The van der Waals surface area contributed by atoms with E-state index in [-0.39, 0.29) is 17.4 Å². The Morgan fingerprint density at radius 2 is 1.23 bits per heavy atom. The van der Waals surface area contributed by atoms with Crippen molar-refractivity contribution in [2.24, 2.45) is 0 Å². The van der Waals surface area contributed by atoms with E-state index in [2.05, 4.69) is 108 Å². The molecule has 8 nitrogen and oxygen atoms in total. The summed E-state index contributed by atoms with van der Waals surface area (Å²) in [4.78, 5) is 23.4. The molecule has 2 spiro atoms. The highest BCUT2D eigenvalue weighted by molar-refractivity contribution is 9.10. The van der Waals surface area contributed by atoms with Crippen molar-refractivity contribution in [3.8, 4) is 23.0 Å². The van der Waals surface area contributed by atoms with Crippen molar-refractivity contribution < 1.29 is 23.7 Å². The normalized spacial score (nSPS) is 19.8. The Labute approximate surface area is 370 Å². The number of carbonyl (C=O) groups excluding carboxylic acids is 1. The molecule has 1 amide bonds. The molecule has 5 aliphatic heterocycles. The van der Waals surface area contributed by atoms with E-state index in [1.165, 1.54) is 16.8 Å². The summed E-state index contributed by atoms with van der Waals surface area (Å²) in [7, 11) is 0. The predicted molar refractivity (Wildman–Crippen MR) is 242 cm³/mol. The summed E-state index contributed by atoms with van der Waals surface area (Å²) in [6.45, 7) is 3.66. The largest absolute Gasteiger partial charge is 0.492 e. The molecule has 61 heavy (non-hydrogen) atoms. The van der Waals surface area contributed by atoms with E-state index < -0.39 is 5.41 Å². The van der Waals surface area contributed by atoms with Crippen molar-refractivity contribution in [3.05, 3.63) is 206 Å². The van der Waals surface area contributed by atoms with Crippen LogP contribution in [-0.2, 0) is 22.2 Å². The van der Waals surface area contributed by atoms with Gasteiger partial charge < -0.3 is 23.8 Å². The first-order valence-electron chi connectivity index (χ1n) is 20.4. The zero-order valence-electron chi connectivity index (χ0n) is 33.0. The Balaban J connectivity index is 0.000000138. The molecule has 7 aromatic rings. The second kappa shape index (κ2) is 15.1. The SMILES string of the molecule is Brc1ccc2c(c1)C1(COc3cc4c(cc31)OCCO4)CN2Cc1ccccn1.O=C1N(C(c2ccccc2)c2ccccc2)c2ccccc2C12COc1cc(Br)ccc12. The van der Waals surface area contributed by atoms with E-state index in [9.17, 15) is 4.79 Å². The first-order valence-corrected chi connectivity index (χ1v) is 22.0. The summed E-state index contributed by atoms with van der Waals surface area (Å²) in [5.74, 6) is 3.28. The van der Waals surface area contributed by atoms with Crippen molar-refractivity contribution in [2.75, 3.05) is 42.8 Å². The van der Waals surface area contributed by atoms with E-state index in [4.69, 9.17) is 18.9 Å². The molecular formula is C51H39Br2N3O5. The van der Waals surface area contributed by atoms with Gasteiger partial charge in [-0.2, -0.15) is 0 Å². The van der Waals surface area contributed by atoms with Crippen molar-refractivity contribution in [2.45, 2.75) is 23.4 Å². The van der Waals surface area contributed by atoms with Crippen LogP contribution in [0.3, 0.4) is 0 Å². The Kier molecular flexibility index (Phi) is 9.38. The van der Waals surface area contributed by atoms with E-state index >= 15 is 0 Å². The second-order valence-electron chi connectivity index (χ2n) is 16.0. The van der Waals surface area contributed by atoms with Gasteiger partial charge in [-0.15, -0.1) is 0 Å². The number of pyridine rings is 1. The molecule has 6 heterocycles. The minimum absolute atomic E-state index is 0.0532. The molecule has 2 atom stereocenters. The lowest BCUT2D eigenvalue weighted by molar-refractivity contribution is -0.122. The van der Waals surface area contributed by atoms with Crippen molar-refractivity contribution >= 4 is 49.1 Å². The smallest absolute Gasteiger partial charge is 0.246 e. The Morgan fingerprint density at radius 3 is 1.98 bits per heavy atom. The van der Waals surface area contributed by atoms with Gasteiger partial charge in [-0.05, 0) is 76.9 Å². The highest BCUT2D eigenvalue weighted by atomic mass is 79.9. The molecule has 6 aromatic carbocycles. The topological polar surface area (TPSA) is 73.4 Å². The summed E-state index contributed by atoms with van der Waals surface area (Å²) < 4.78 is 26.0. The molecule has 10 heteroatoms. The van der Waals surface area contributed by atoms with Crippen LogP contribution in [0.15, 0.2) is 167 Å². The van der Waals surface area contributed by atoms with Crippen molar-refractivity contribution in [1.82, 2.24) is 4.98 Å². The maximum Gasteiger partial charge on any atom is 0.246 e. The van der Waals surface area contributed by atoms with Crippen molar-refractivity contribution in [3.63, 3.8) is 0 Å². The van der Waals surface area contributed by atoms with E-state index in [0.29, 0.717) is 26.4 Å². The van der Waals surface area contributed by atoms with Crippen LogP contribution in [0, 0.1) is 0 Å². The number of para-hydroxylation sites is 1. The number of carbonyl (C=O) groups is 1. The zero-order valence-corrected chi connectivity index (χ0v) is 36.1. The molecule has 0 aliphatic carbocycles. The zero-order chi connectivity index (χ0) is 41.1. The third kappa shape index (κ3) is 6.21. The number of halogens is 2. The van der Waals surface area contributed by atoms with Crippen LogP contribution in [0.5, 0.6) is 23.0 Å². The van der Waals surface area contributed by atoms with Gasteiger partial charge in [-0.3, -0.25) is 14.7 Å². The van der Waals surface area contributed by atoms with Gasteiger partial charge in [-0.1, -0.05) is 123 Å². The van der Waals surface area contributed by atoms with Gasteiger partial charge in [0, 0.05) is 50.3 Å². The number of benzene rings is 6. The molecule has 0 saturated heterocycles. The first kappa shape index (κ1) is 37.9. The van der Waals surface area contributed by atoms with Gasteiger partial charge >= 0.3 is 0 Å². The maximum atomic E-state index is 14.5. The highest BCUT2D eigenvalue weighted by Gasteiger charge is 2.58. The fourth-order valence-electron chi connectivity index (χ4n) is 9.81. The number of aromatic nitrogens is 1. The number of amides is 1.